The topological polar surface area (TPSA) is 34.9 Å². The zero-order chi connectivity index (χ0) is 11.8. The molecule has 1 aliphatic carbocycles. The largest absolute Gasteiger partial charge is 0.305 e. The number of nitrogens with zero attached hydrogens (tertiary/aromatic N) is 2. The van der Waals surface area contributed by atoms with Crippen molar-refractivity contribution in [3.63, 3.8) is 0 Å². The molecule has 3 nitrogen and oxygen atoms in total. The number of pyridine rings is 1. The van der Waals surface area contributed by atoms with Crippen molar-refractivity contribution in [2.24, 2.45) is 0 Å². The Kier molecular flexibility index (Phi) is 2.32. The van der Waals surface area contributed by atoms with E-state index in [4.69, 9.17) is 0 Å². The first-order chi connectivity index (χ1) is 8.25. The van der Waals surface area contributed by atoms with E-state index < -0.39 is 0 Å². The predicted molar refractivity (Wildman–Crippen MR) is 65.6 cm³/mol. The van der Waals surface area contributed by atoms with Gasteiger partial charge in [-0.2, -0.15) is 0 Å². The van der Waals surface area contributed by atoms with Crippen molar-refractivity contribution >= 4 is 5.78 Å². The van der Waals surface area contributed by atoms with Crippen LogP contribution < -0.4 is 0 Å². The van der Waals surface area contributed by atoms with Crippen LogP contribution in [0, 0.1) is 6.92 Å². The van der Waals surface area contributed by atoms with Gasteiger partial charge in [-0.15, -0.1) is 0 Å². The van der Waals surface area contributed by atoms with Gasteiger partial charge in [0.25, 0.3) is 0 Å². The third kappa shape index (κ3) is 1.68. The molecule has 2 aromatic rings. The van der Waals surface area contributed by atoms with Crippen LogP contribution in [0.3, 0.4) is 0 Å². The van der Waals surface area contributed by atoms with Crippen molar-refractivity contribution < 1.29 is 4.79 Å². The number of rotatable bonds is 1. The van der Waals surface area contributed by atoms with E-state index in [1.54, 1.807) is 0 Å². The number of carbonyl (C=O) groups excluding carboxylic acids is 1. The molecule has 0 fully saturated rings. The lowest BCUT2D eigenvalue weighted by atomic mass is 9.97. The predicted octanol–water partition coefficient (Wildman–Crippen LogP) is 2.70. The fraction of sp³-hybridized carbons (Fsp3) is 0.286. The number of carbonyl (C=O) groups is 1. The number of ketones is 1. The van der Waals surface area contributed by atoms with Gasteiger partial charge in [0.15, 0.2) is 5.78 Å². The van der Waals surface area contributed by atoms with E-state index in [0.29, 0.717) is 6.42 Å². The van der Waals surface area contributed by atoms with Crippen LogP contribution in [-0.2, 0) is 6.42 Å². The normalized spacial score (nSPS) is 14.8. The first kappa shape index (κ1) is 10.3. The second-order valence-electron chi connectivity index (χ2n) is 4.51. The Bertz CT molecular complexity index is 584. The minimum absolute atomic E-state index is 0.262. The summed E-state index contributed by atoms with van der Waals surface area (Å²) in [6.45, 7) is 2.05. The third-order valence-corrected chi connectivity index (χ3v) is 3.26. The third-order valence-electron chi connectivity index (χ3n) is 3.26. The summed E-state index contributed by atoms with van der Waals surface area (Å²) < 4.78 is 2.04. The fourth-order valence-electron chi connectivity index (χ4n) is 2.39. The summed E-state index contributed by atoms with van der Waals surface area (Å²) in [6, 6.07) is 5.94. The number of hydrogen-bond acceptors (Lipinski definition) is 2. The van der Waals surface area contributed by atoms with Crippen LogP contribution in [0.25, 0.3) is 5.82 Å². The molecule has 1 aliphatic rings. The molecular weight excluding hydrogens is 212 g/mol. The fourth-order valence-corrected chi connectivity index (χ4v) is 2.39. The van der Waals surface area contributed by atoms with Gasteiger partial charge < -0.3 is 4.57 Å². The van der Waals surface area contributed by atoms with Crippen molar-refractivity contribution in [1.82, 2.24) is 9.55 Å². The lowest BCUT2D eigenvalue weighted by Crippen LogP contribution is -2.12. The molecule has 17 heavy (non-hydrogen) atoms. The van der Waals surface area contributed by atoms with E-state index in [-0.39, 0.29) is 5.78 Å². The van der Waals surface area contributed by atoms with Gasteiger partial charge >= 0.3 is 0 Å². The number of aryl methyl sites for hydroxylation is 1. The van der Waals surface area contributed by atoms with Crippen molar-refractivity contribution in [3.05, 3.63) is 47.4 Å². The number of aromatic nitrogens is 2. The van der Waals surface area contributed by atoms with E-state index in [1.807, 2.05) is 42.1 Å². The highest BCUT2D eigenvalue weighted by atomic mass is 16.1. The summed E-state index contributed by atoms with van der Waals surface area (Å²) >= 11 is 0. The second kappa shape index (κ2) is 3.84. The molecule has 86 valence electrons. The summed E-state index contributed by atoms with van der Waals surface area (Å²) in [7, 11) is 0. The summed E-state index contributed by atoms with van der Waals surface area (Å²) in [6.07, 6.45) is 6.35. The molecule has 3 heteroatoms. The molecule has 0 saturated heterocycles. The molecule has 0 aromatic carbocycles. The molecule has 0 radical (unpaired) electrons. The van der Waals surface area contributed by atoms with Crippen molar-refractivity contribution in [2.45, 2.75) is 26.2 Å². The average molecular weight is 226 g/mol. The molecule has 0 N–H and O–H groups in total. The van der Waals surface area contributed by atoms with Gasteiger partial charge in [0.2, 0.25) is 0 Å². The average Bonchev–Trinajstić information content (AvgIpc) is 2.74. The van der Waals surface area contributed by atoms with Gasteiger partial charge in [-0.05, 0) is 43.5 Å². The summed E-state index contributed by atoms with van der Waals surface area (Å²) in [5.74, 6) is 1.17. The van der Waals surface area contributed by atoms with E-state index in [0.717, 1.165) is 29.9 Å². The van der Waals surface area contributed by atoms with Crippen molar-refractivity contribution in [1.29, 1.82) is 0 Å². The standard InChI is InChI=1S/C14H14N2O/c1-10-5-7-15-14(9-10)16-8-6-11-12(16)3-2-4-13(11)17/h5-9H,2-4H2,1H3. The Balaban J connectivity index is 2.13. The molecule has 0 unspecified atom stereocenters. The molecule has 0 amide bonds. The van der Waals surface area contributed by atoms with Gasteiger partial charge in [-0.3, -0.25) is 4.79 Å². The van der Waals surface area contributed by atoms with Gasteiger partial charge in [-0.1, -0.05) is 0 Å². The van der Waals surface area contributed by atoms with E-state index in [9.17, 15) is 4.79 Å². The van der Waals surface area contributed by atoms with Crippen molar-refractivity contribution in [3.8, 4) is 5.82 Å². The Labute approximate surface area is 100 Å². The van der Waals surface area contributed by atoms with Crippen molar-refractivity contribution in [2.75, 3.05) is 0 Å². The molecule has 2 heterocycles. The van der Waals surface area contributed by atoms with E-state index in [2.05, 4.69) is 4.98 Å². The summed E-state index contributed by atoms with van der Waals surface area (Å²) in [5.41, 5.74) is 3.17. The van der Waals surface area contributed by atoms with Crippen LogP contribution in [0.15, 0.2) is 30.6 Å². The smallest absolute Gasteiger partial charge is 0.164 e. The number of fused-ring (bicyclic) bond motifs is 1. The lowest BCUT2D eigenvalue weighted by Gasteiger charge is -2.14. The first-order valence-electron chi connectivity index (χ1n) is 5.92. The van der Waals surface area contributed by atoms with Crippen LogP contribution in [0.5, 0.6) is 0 Å². The molecule has 0 atom stereocenters. The summed E-state index contributed by atoms with van der Waals surface area (Å²) in [5, 5.41) is 0. The number of hydrogen-bond donors (Lipinski definition) is 0. The molecule has 3 rings (SSSR count). The Morgan fingerprint density at radius 2 is 2.18 bits per heavy atom. The number of Topliss-reactive ketones (excluding diaryl/α,β-unsaturated/α-hetero) is 1. The summed E-state index contributed by atoms with van der Waals surface area (Å²) in [4.78, 5) is 16.1. The lowest BCUT2D eigenvalue weighted by molar-refractivity contribution is 0.0972. The Morgan fingerprint density at radius 1 is 1.29 bits per heavy atom. The molecule has 0 bridgehead atoms. The van der Waals surface area contributed by atoms with Crippen LogP contribution in [0.4, 0.5) is 0 Å². The van der Waals surface area contributed by atoms with Gasteiger partial charge in [0, 0.05) is 30.1 Å². The molecule has 2 aromatic heterocycles. The monoisotopic (exact) mass is 226 g/mol. The molecule has 0 aliphatic heterocycles. The minimum Gasteiger partial charge on any atom is -0.305 e. The van der Waals surface area contributed by atoms with Crippen LogP contribution in [-0.4, -0.2) is 15.3 Å². The van der Waals surface area contributed by atoms with E-state index >= 15 is 0 Å². The highest BCUT2D eigenvalue weighted by Crippen LogP contribution is 2.24. The zero-order valence-electron chi connectivity index (χ0n) is 9.81. The van der Waals surface area contributed by atoms with E-state index in [1.165, 1.54) is 5.56 Å². The van der Waals surface area contributed by atoms with Gasteiger partial charge in [0.05, 0.1) is 0 Å². The molecule has 0 saturated carbocycles. The zero-order valence-corrected chi connectivity index (χ0v) is 9.81. The first-order valence-corrected chi connectivity index (χ1v) is 5.92. The SMILES string of the molecule is Cc1ccnc(-n2ccc3c2CCCC3=O)c1. The molecule has 0 spiro atoms. The van der Waals surface area contributed by atoms with Gasteiger partial charge in [0.1, 0.15) is 5.82 Å². The van der Waals surface area contributed by atoms with Crippen LogP contribution in [0.2, 0.25) is 0 Å². The van der Waals surface area contributed by atoms with Crippen LogP contribution >= 0.6 is 0 Å². The van der Waals surface area contributed by atoms with Gasteiger partial charge in [-0.25, -0.2) is 4.98 Å². The minimum atomic E-state index is 0.262. The Hall–Kier alpha value is -1.90. The second-order valence-corrected chi connectivity index (χ2v) is 4.51. The highest BCUT2D eigenvalue weighted by molar-refractivity contribution is 5.98. The maximum Gasteiger partial charge on any atom is 0.164 e. The van der Waals surface area contributed by atoms with Crippen LogP contribution in [0.1, 0.15) is 34.5 Å². The Morgan fingerprint density at radius 3 is 3.00 bits per heavy atom. The maximum atomic E-state index is 11.8. The quantitative estimate of drug-likeness (QED) is 0.749. The molecular formula is C14H14N2O. The highest BCUT2D eigenvalue weighted by Gasteiger charge is 2.21. The maximum absolute atomic E-state index is 11.8.